The van der Waals surface area contributed by atoms with Gasteiger partial charge in [0.2, 0.25) is 0 Å². The van der Waals surface area contributed by atoms with Crippen molar-refractivity contribution < 1.29 is 9.84 Å². The summed E-state index contributed by atoms with van der Waals surface area (Å²) in [5, 5.41) is 16.4. The molecule has 0 spiro atoms. The van der Waals surface area contributed by atoms with Crippen LogP contribution in [0.4, 0.5) is 5.82 Å². The van der Waals surface area contributed by atoms with E-state index in [0.29, 0.717) is 18.8 Å². The Hall–Kier alpha value is -1.66. The number of nitrogens with one attached hydrogen (secondary N) is 1. The van der Waals surface area contributed by atoms with E-state index in [1.807, 2.05) is 17.0 Å². The first-order valence-corrected chi connectivity index (χ1v) is 5.49. The van der Waals surface area contributed by atoms with Crippen LogP contribution in [0.2, 0.25) is 0 Å². The van der Waals surface area contributed by atoms with Gasteiger partial charge in [-0.25, -0.2) is 4.98 Å². The summed E-state index contributed by atoms with van der Waals surface area (Å²) < 4.78 is 5.37. The average molecular weight is 236 g/mol. The van der Waals surface area contributed by atoms with Gasteiger partial charge in [0.15, 0.2) is 0 Å². The highest BCUT2D eigenvalue weighted by molar-refractivity contribution is 5.93. The van der Waals surface area contributed by atoms with Crippen LogP contribution >= 0.6 is 0 Å². The summed E-state index contributed by atoms with van der Waals surface area (Å²) in [5.74, 6) is 0.721. The summed E-state index contributed by atoms with van der Waals surface area (Å²) in [5.41, 5.74) is 5.87. The van der Waals surface area contributed by atoms with Gasteiger partial charge in [-0.1, -0.05) is 6.07 Å². The van der Waals surface area contributed by atoms with Gasteiger partial charge in [0, 0.05) is 13.1 Å². The number of aliphatic hydroxyl groups excluding tert-OH is 1. The van der Waals surface area contributed by atoms with Crippen LogP contribution in [0.3, 0.4) is 0 Å². The molecule has 1 unspecified atom stereocenters. The molecule has 1 fully saturated rings. The van der Waals surface area contributed by atoms with Crippen LogP contribution < -0.4 is 10.6 Å². The zero-order chi connectivity index (χ0) is 12.3. The molecule has 0 bridgehead atoms. The summed E-state index contributed by atoms with van der Waals surface area (Å²) in [7, 11) is 0. The maximum Gasteiger partial charge on any atom is 0.141 e. The van der Waals surface area contributed by atoms with E-state index in [1.54, 1.807) is 6.07 Å². The van der Waals surface area contributed by atoms with Crippen LogP contribution in [0.1, 0.15) is 5.69 Å². The molecule has 0 amide bonds. The van der Waals surface area contributed by atoms with Crippen LogP contribution in [-0.2, 0) is 4.74 Å². The van der Waals surface area contributed by atoms with Crippen LogP contribution in [0.15, 0.2) is 18.2 Å². The second-order valence-corrected chi connectivity index (χ2v) is 3.92. The van der Waals surface area contributed by atoms with Crippen molar-refractivity contribution in [2.45, 2.75) is 6.10 Å². The van der Waals surface area contributed by atoms with Gasteiger partial charge in [-0.05, 0) is 12.1 Å². The minimum absolute atomic E-state index is 0.00288. The maximum atomic E-state index is 9.07. The molecule has 1 aliphatic rings. The molecule has 0 saturated carbocycles. The summed E-state index contributed by atoms with van der Waals surface area (Å²) in [6, 6.07) is 5.39. The van der Waals surface area contributed by atoms with Crippen molar-refractivity contribution in [2.75, 3.05) is 31.2 Å². The average Bonchev–Trinajstić information content (AvgIpc) is 2.39. The fourth-order valence-electron chi connectivity index (χ4n) is 1.79. The Bertz CT molecular complexity index is 410. The molecule has 1 atom stereocenters. The minimum Gasteiger partial charge on any atom is -0.394 e. The zero-order valence-corrected chi connectivity index (χ0v) is 9.47. The van der Waals surface area contributed by atoms with Crippen LogP contribution in [0.25, 0.3) is 0 Å². The van der Waals surface area contributed by atoms with Gasteiger partial charge in [-0.2, -0.15) is 0 Å². The summed E-state index contributed by atoms with van der Waals surface area (Å²) in [6.45, 7) is 1.90. The molecular weight excluding hydrogens is 220 g/mol. The molecule has 2 heterocycles. The van der Waals surface area contributed by atoms with Crippen molar-refractivity contribution in [2.24, 2.45) is 5.73 Å². The third-order valence-electron chi connectivity index (χ3n) is 2.68. The topological polar surface area (TPSA) is 95.5 Å². The summed E-state index contributed by atoms with van der Waals surface area (Å²) in [4.78, 5) is 6.33. The predicted molar refractivity (Wildman–Crippen MR) is 64.3 cm³/mol. The van der Waals surface area contributed by atoms with E-state index in [0.717, 1.165) is 12.4 Å². The molecule has 0 radical (unpaired) electrons. The number of nitrogen functional groups attached to an aromatic ring is 1. The van der Waals surface area contributed by atoms with Crippen molar-refractivity contribution >= 4 is 11.7 Å². The molecule has 92 valence electrons. The fraction of sp³-hybridized carbons (Fsp3) is 0.455. The highest BCUT2D eigenvalue weighted by atomic mass is 16.5. The standard InChI is InChI=1S/C11H16N4O2/c12-11(13)9-2-1-3-10(14-9)15-4-5-17-8(6-15)7-16/h1-3,8,16H,4-7H2,(H3,12,13). The highest BCUT2D eigenvalue weighted by Gasteiger charge is 2.20. The van der Waals surface area contributed by atoms with E-state index in [2.05, 4.69) is 4.98 Å². The van der Waals surface area contributed by atoms with Crippen molar-refractivity contribution in [3.05, 3.63) is 23.9 Å². The molecule has 1 saturated heterocycles. The number of aromatic nitrogens is 1. The van der Waals surface area contributed by atoms with Crippen LogP contribution in [0, 0.1) is 5.41 Å². The van der Waals surface area contributed by atoms with Crippen molar-refractivity contribution in [3.8, 4) is 0 Å². The van der Waals surface area contributed by atoms with E-state index < -0.39 is 0 Å². The third-order valence-corrected chi connectivity index (χ3v) is 2.68. The van der Waals surface area contributed by atoms with E-state index in [9.17, 15) is 0 Å². The normalized spacial score (nSPS) is 20.3. The number of amidine groups is 1. The lowest BCUT2D eigenvalue weighted by molar-refractivity contribution is 0.00336. The number of morpholine rings is 1. The number of hydrogen-bond acceptors (Lipinski definition) is 5. The first-order chi connectivity index (χ1) is 8.20. The van der Waals surface area contributed by atoms with Gasteiger partial charge in [0.05, 0.1) is 19.3 Å². The summed E-state index contributed by atoms with van der Waals surface area (Å²) >= 11 is 0. The van der Waals surface area contributed by atoms with Crippen LogP contribution in [0.5, 0.6) is 0 Å². The lowest BCUT2D eigenvalue weighted by Gasteiger charge is -2.32. The quantitative estimate of drug-likeness (QED) is 0.488. The minimum atomic E-state index is -0.175. The predicted octanol–water partition coefficient (Wildman–Crippen LogP) is -0.437. The first kappa shape index (κ1) is 11.8. The monoisotopic (exact) mass is 236 g/mol. The number of aliphatic hydroxyl groups is 1. The summed E-state index contributed by atoms with van der Waals surface area (Å²) in [6.07, 6.45) is -0.175. The molecule has 6 nitrogen and oxygen atoms in total. The van der Waals surface area contributed by atoms with Gasteiger partial charge in [-0.3, -0.25) is 5.41 Å². The molecule has 1 aromatic rings. The number of anilines is 1. The maximum absolute atomic E-state index is 9.07. The second kappa shape index (κ2) is 5.11. The first-order valence-electron chi connectivity index (χ1n) is 5.49. The number of rotatable bonds is 3. The Balaban J connectivity index is 2.16. The van der Waals surface area contributed by atoms with Gasteiger partial charge < -0.3 is 20.5 Å². The van der Waals surface area contributed by atoms with Crippen molar-refractivity contribution in [3.63, 3.8) is 0 Å². The number of pyridine rings is 1. The Kier molecular flexibility index (Phi) is 3.55. The fourth-order valence-corrected chi connectivity index (χ4v) is 1.79. The van der Waals surface area contributed by atoms with E-state index in [4.69, 9.17) is 21.0 Å². The third kappa shape index (κ3) is 2.72. The molecular formula is C11H16N4O2. The molecule has 6 heteroatoms. The smallest absolute Gasteiger partial charge is 0.141 e. The van der Waals surface area contributed by atoms with E-state index >= 15 is 0 Å². The Labute approximate surface area is 99.5 Å². The van der Waals surface area contributed by atoms with Gasteiger partial charge in [-0.15, -0.1) is 0 Å². The van der Waals surface area contributed by atoms with Crippen LogP contribution in [-0.4, -0.2) is 48.3 Å². The molecule has 0 aliphatic carbocycles. The number of ether oxygens (including phenoxy) is 1. The molecule has 17 heavy (non-hydrogen) atoms. The molecule has 2 rings (SSSR count). The van der Waals surface area contributed by atoms with Crippen molar-refractivity contribution in [1.82, 2.24) is 4.98 Å². The molecule has 0 aromatic carbocycles. The lowest BCUT2D eigenvalue weighted by Crippen LogP contribution is -2.44. The van der Waals surface area contributed by atoms with Gasteiger partial charge in [0.25, 0.3) is 0 Å². The lowest BCUT2D eigenvalue weighted by atomic mass is 10.2. The molecule has 1 aliphatic heterocycles. The van der Waals surface area contributed by atoms with E-state index in [1.165, 1.54) is 0 Å². The largest absolute Gasteiger partial charge is 0.394 e. The molecule has 1 aromatic heterocycles. The SMILES string of the molecule is N=C(N)c1cccc(N2CCOC(CO)C2)n1. The van der Waals surface area contributed by atoms with Crippen molar-refractivity contribution in [1.29, 1.82) is 5.41 Å². The molecule has 4 N–H and O–H groups in total. The number of hydrogen-bond donors (Lipinski definition) is 3. The zero-order valence-electron chi connectivity index (χ0n) is 9.47. The van der Waals surface area contributed by atoms with Gasteiger partial charge in [0.1, 0.15) is 17.3 Å². The number of nitrogens with two attached hydrogens (primary N) is 1. The second-order valence-electron chi connectivity index (χ2n) is 3.92. The Morgan fingerprint density at radius 2 is 2.47 bits per heavy atom. The number of nitrogens with zero attached hydrogens (tertiary/aromatic N) is 2. The Morgan fingerprint density at radius 1 is 1.65 bits per heavy atom. The highest BCUT2D eigenvalue weighted by Crippen LogP contribution is 2.15. The van der Waals surface area contributed by atoms with Gasteiger partial charge >= 0.3 is 0 Å². The Morgan fingerprint density at radius 3 is 3.18 bits per heavy atom. The van der Waals surface area contributed by atoms with E-state index in [-0.39, 0.29) is 18.5 Å².